The van der Waals surface area contributed by atoms with Gasteiger partial charge in [0.2, 0.25) is 11.8 Å². The molecule has 0 fully saturated rings. The Bertz CT molecular complexity index is 4500. The van der Waals surface area contributed by atoms with Gasteiger partial charge < -0.3 is 39.1 Å². The Hall–Kier alpha value is -12.3. The van der Waals surface area contributed by atoms with E-state index in [0.29, 0.717) is 0 Å². The highest BCUT2D eigenvalue weighted by molar-refractivity contribution is 6.45. The molecular weight excluding hydrogens is 1300 g/mol. The molecule has 98 heavy (non-hydrogen) atoms. The van der Waals surface area contributed by atoms with Crippen molar-refractivity contribution in [2.24, 2.45) is 11.8 Å². The zero-order valence-electron chi connectivity index (χ0n) is 52.7. The number of nitriles is 4. The smallest absolute Gasteiger partial charge is 0.349 e. The number of carbonyl (C=O) groups excluding carboxylic acids is 8. The van der Waals surface area contributed by atoms with Gasteiger partial charge in [-0.05, 0) is 146 Å². The lowest BCUT2D eigenvalue weighted by Gasteiger charge is -2.36. The SMILES string of the molecule is C=C(Cl)C(=O)OCCNC(=O)C(CC(C)C)N1C(=O)c2cc(Oc3ccc(C#N)cc3)c3c4c(Oc5ccc(C#N)cc5)cc5c6c(cc(Oc7ccc(C#N)cc7)c(c7c(Oc8ccc(C#N)cc8)cc(c2c37)C1=O)c64)C(=O)N(C(CC(C)C)C(=O)NCCOC(=O)C(=C)Cl)C5=O. The number of nitrogens with zero attached hydrogens (tertiary/aromatic N) is 6. The molecule has 2 aliphatic heterocycles. The number of benzene rings is 9. The summed E-state index contributed by atoms with van der Waals surface area (Å²) in [5.41, 5.74) is 0.288. The molecule has 0 spiro atoms. The van der Waals surface area contributed by atoms with Gasteiger partial charge in [-0.2, -0.15) is 21.0 Å². The molecule has 0 aromatic heterocycles. The predicted octanol–water partition coefficient (Wildman–Crippen LogP) is 13.2. The second kappa shape index (κ2) is 27.9. The van der Waals surface area contributed by atoms with Crippen LogP contribution in [0.3, 0.4) is 0 Å². The average molecular weight is 1350 g/mol. The Morgan fingerprint density at radius 3 is 0.878 bits per heavy atom. The summed E-state index contributed by atoms with van der Waals surface area (Å²) < 4.78 is 38.1. The van der Waals surface area contributed by atoms with Gasteiger partial charge in [-0.25, -0.2) is 9.59 Å². The topological polar surface area (TPSA) is 318 Å². The zero-order chi connectivity index (χ0) is 70.0. The molecule has 9 aromatic carbocycles. The molecule has 0 saturated carbocycles. The minimum atomic E-state index is -1.52. The second-order valence-corrected chi connectivity index (χ2v) is 24.5. The summed E-state index contributed by atoms with van der Waals surface area (Å²) in [5, 5.41) is 44.7. The van der Waals surface area contributed by atoms with E-state index in [1.165, 1.54) is 121 Å². The fraction of sp³-hybridized carbons (Fsp3) is 0.189. The largest absolute Gasteiger partial charge is 0.460 e. The third-order valence-corrected chi connectivity index (χ3v) is 16.4. The van der Waals surface area contributed by atoms with Crippen molar-refractivity contribution >= 4 is 114 Å². The van der Waals surface area contributed by atoms with Gasteiger partial charge in [-0.3, -0.25) is 38.6 Å². The maximum atomic E-state index is 16.0. The molecule has 24 heteroatoms. The van der Waals surface area contributed by atoms with E-state index >= 15 is 19.2 Å². The fourth-order valence-corrected chi connectivity index (χ4v) is 12.0. The Kier molecular flexibility index (Phi) is 19.1. The molecule has 2 atom stereocenters. The van der Waals surface area contributed by atoms with Crippen molar-refractivity contribution in [1.29, 1.82) is 21.0 Å². The summed E-state index contributed by atoms with van der Waals surface area (Å²) in [7, 11) is 0. The van der Waals surface area contributed by atoms with Crippen molar-refractivity contribution in [1.82, 2.24) is 20.4 Å². The highest BCUT2D eigenvalue weighted by Gasteiger charge is 2.46. The summed E-state index contributed by atoms with van der Waals surface area (Å²) in [6.07, 6.45) is -0.154. The number of hydrogen-bond acceptors (Lipinski definition) is 18. The molecule has 2 aliphatic rings. The van der Waals surface area contributed by atoms with Crippen molar-refractivity contribution < 1.29 is 66.8 Å². The fourth-order valence-electron chi connectivity index (χ4n) is 11.9. The Morgan fingerprint density at radius 2 is 0.663 bits per heavy atom. The standard InChI is InChI=1S/C74H54Cl2N8O14/c1-37(2)27-53(67(85)81-23-25-93-73(91)39(5)75)83-69(87)49-29-55(95-45-15-7-41(33-77)8-16-45)61-63-57(97-47-19-11-43(35-79)12-20-47)31-51-60-52(72(90)84(71(51)89)54(28-38(3)4)68(86)82-24-26-94-74(92)40(6)76)32-58(98-48-21-13-44(36-80)14-22-48)64(66(60)63)62-56(30-50(70(83)88)59(49)65(61)62)96-46-17-9-42(34-78)10-18-46/h7-22,29-32,37-38,53-54H,5-6,23-28H2,1-4H3,(H,81,85)(H,82,86). The van der Waals surface area contributed by atoms with Gasteiger partial charge in [-0.15, -0.1) is 0 Å². The highest BCUT2D eigenvalue weighted by Crippen LogP contribution is 2.58. The number of rotatable bonds is 24. The van der Waals surface area contributed by atoms with Gasteiger partial charge in [0.1, 0.15) is 81.4 Å². The Balaban J connectivity index is 1.29. The van der Waals surface area contributed by atoms with Crippen LogP contribution in [0.15, 0.2) is 145 Å². The minimum Gasteiger partial charge on any atom is -0.460 e. The molecule has 0 saturated heterocycles. The van der Waals surface area contributed by atoms with Crippen LogP contribution < -0.4 is 29.6 Å². The third kappa shape index (κ3) is 13.0. The Morgan fingerprint density at radius 1 is 0.418 bits per heavy atom. The summed E-state index contributed by atoms with van der Waals surface area (Å²) in [5.74, 6) is -8.09. The van der Waals surface area contributed by atoms with E-state index in [2.05, 4.69) is 48.1 Å². The number of imide groups is 2. The van der Waals surface area contributed by atoms with Crippen molar-refractivity contribution in [2.45, 2.75) is 52.6 Å². The second-order valence-electron chi connectivity index (χ2n) is 23.6. The van der Waals surface area contributed by atoms with E-state index in [1.54, 1.807) is 27.7 Å². The Labute approximate surface area is 569 Å². The molecule has 488 valence electrons. The first-order valence-electron chi connectivity index (χ1n) is 30.5. The normalized spacial score (nSPS) is 13.0. The molecule has 0 aliphatic carbocycles. The first-order chi connectivity index (χ1) is 47.0. The number of hydrogen-bond donors (Lipinski definition) is 2. The van der Waals surface area contributed by atoms with Gasteiger partial charge in [-0.1, -0.05) is 64.1 Å². The molecule has 22 nitrogen and oxygen atoms in total. The van der Waals surface area contributed by atoms with Crippen LogP contribution in [0, 0.1) is 57.2 Å². The van der Waals surface area contributed by atoms with Crippen LogP contribution in [0.5, 0.6) is 46.0 Å². The lowest BCUT2D eigenvalue weighted by molar-refractivity contribution is -0.139. The molecule has 9 aromatic rings. The zero-order valence-corrected chi connectivity index (χ0v) is 54.2. The maximum Gasteiger partial charge on any atom is 0.349 e. The van der Waals surface area contributed by atoms with Gasteiger partial charge >= 0.3 is 11.9 Å². The maximum absolute atomic E-state index is 16.0. The summed E-state index contributed by atoms with van der Waals surface area (Å²) in [6.45, 7) is 12.6. The monoisotopic (exact) mass is 1350 g/mol. The molecule has 2 heterocycles. The van der Waals surface area contributed by atoms with Crippen molar-refractivity contribution in [3.8, 4) is 70.3 Å². The van der Waals surface area contributed by atoms with Gasteiger partial charge in [0.15, 0.2) is 0 Å². The van der Waals surface area contributed by atoms with E-state index in [1.807, 2.05) is 0 Å². The molecule has 2 unspecified atom stereocenters. The van der Waals surface area contributed by atoms with Gasteiger partial charge in [0, 0.05) is 43.1 Å². The van der Waals surface area contributed by atoms with Crippen LogP contribution in [-0.2, 0) is 28.7 Å². The average Bonchev–Trinajstić information content (AvgIpc) is 0.672. The third-order valence-electron chi connectivity index (χ3n) is 16.1. The number of carbonyl (C=O) groups is 8. The number of fused-ring (bicyclic) bond motifs is 2. The lowest BCUT2D eigenvalue weighted by Crippen LogP contribution is -2.54. The highest BCUT2D eigenvalue weighted by atomic mass is 35.5. The van der Waals surface area contributed by atoms with Crippen LogP contribution in [0.1, 0.15) is 104 Å². The number of amides is 6. The van der Waals surface area contributed by atoms with E-state index in [9.17, 15) is 40.2 Å². The van der Waals surface area contributed by atoms with E-state index < -0.39 is 69.5 Å². The van der Waals surface area contributed by atoms with Crippen LogP contribution in [0.2, 0.25) is 0 Å². The van der Waals surface area contributed by atoms with E-state index in [4.69, 9.17) is 51.6 Å². The summed E-state index contributed by atoms with van der Waals surface area (Å²) in [4.78, 5) is 120. The molecular formula is C74H54Cl2N8O14. The van der Waals surface area contributed by atoms with Crippen LogP contribution in [0.25, 0.3) is 43.1 Å². The van der Waals surface area contributed by atoms with Crippen molar-refractivity contribution in [2.75, 3.05) is 26.3 Å². The number of esters is 2. The first kappa shape index (κ1) is 67.1. The molecule has 6 amide bonds. The minimum absolute atomic E-state index is 0.00607. The van der Waals surface area contributed by atoms with Crippen LogP contribution in [0.4, 0.5) is 0 Å². The molecule has 0 bridgehead atoms. The van der Waals surface area contributed by atoms with Crippen LogP contribution >= 0.6 is 23.2 Å². The number of halogens is 2. The van der Waals surface area contributed by atoms with E-state index in [0.717, 1.165) is 9.80 Å². The van der Waals surface area contributed by atoms with Gasteiger partial charge in [0.05, 0.1) is 81.9 Å². The number of ether oxygens (including phenoxy) is 6. The van der Waals surface area contributed by atoms with Crippen molar-refractivity contribution in [3.63, 3.8) is 0 Å². The lowest BCUT2D eigenvalue weighted by atomic mass is 9.80. The van der Waals surface area contributed by atoms with Gasteiger partial charge in [0.25, 0.3) is 23.6 Å². The quantitative estimate of drug-likeness (QED) is 0.0142. The molecule has 0 radical (unpaired) electrons. The molecule has 11 rings (SSSR count). The number of nitrogens with one attached hydrogen (secondary N) is 2. The van der Waals surface area contributed by atoms with E-state index in [-0.39, 0.29) is 185 Å². The van der Waals surface area contributed by atoms with Crippen LogP contribution in [-0.4, -0.2) is 95.6 Å². The molecule has 2 N–H and O–H groups in total. The summed E-state index contributed by atoms with van der Waals surface area (Å²) >= 11 is 11.5. The van der Waals surface area contributed by atoms with Crippen molar-refractivity contribution in [3.05, 3.63) is 189 Å². The predicted molar refractivity (Wildman–Crippen MR) is 358 cm³/mol. The summed E-state index contributed by atoms with van der Waals surface area (Å²) in [6, 6.07) is 34.8. The first-order valence-corrected chi connectivity index (χ1v) is 31.2.